The highest BCUT2D eigenvalue weighted by atomic mass is 79.9. The summed E-state index contributed by atoms with van der Waals surface area (Å²) in [6, 6.07) is 8.77. The second kappa shape index (κ2) is 5.34. The summed E-state index contributed by atoms with van der Waals surface area (Å²) >= 11 is 5.25. The van der Waals surface area contributed by atoms with E-state index in [4.69, 9.17) is 5.73 Å². The first kappa shape index (κ1) is 12.8. The van der Waals surface area contributed by atoms with Gasteiger partial charge >= 0.3 is 0 Å². The van der Waals surface area contributed by atoms with Crippen molar-refractivity contribution in [3.63, 3.8) is 0 Å². The van der Waals surface area contributed by atoms with Crippen LogP contribution in [0.25, 0.3) is 11.1 Å². The Bertz CT molecular complexity index is 499. The molecular formula is C14H16BrNS. The molecule has 3 heteroatoms. The Morgan fingerprint density at radius 2 is 1.88 bits per heavy atom. The molecule has 0 saturated heterocycles. The second-order valence-corrected chi connectivity index (χ2v) is 6.58. The van der Waals surface area contributed by atoms with E-state index in [0.717, 1.165) is 3.79 Å². The van der Waals surface area contributed by atoms with Gasteiger partial charge in [0.1, 0.15) is 0 Å². The van der Waals surface area contributed by atoms with Crippen molar-refractivity contribution >= 4 is 27.3 Å². The highest BCUT2D eigenvalue weighted by molar-refractivity contribution is 9.11. The average molecular weight is 310 g/mol. The van der Waals surface area contributed by atoms with Crippen molar-refractivity contribution in [3.8, 4) is 11.1 Å². The Labute approximate surface area is 115 Å². The smallest absolute Gasteiger partial charge is 0.0749 e. The minimum absolute atomic E-state index is 0.575. The summed E-state index contributed by atoms with van der Waals surface area (Å²) in [4.78, 5) is 0. The fourth-order valence-electron chi connectivity index (χ4n) is 1.84. The van der Waals surface area contributed by atoms with Crippen molar-refractivity contribution in [1.29, 1.82) is 0 Å². The summed E-state index contributed by atoms with van der Waals surface area (Å²) in [6.45, 7) is 4.99. The number of nitrogens with two attached hydrogens (primary N) is 1. The maximum Gasteiger partial charge on any atom is 0.0749 e. The fraction of sp³-hybridized carbons (Fsp3) is 0.286. The molecule has 2 N–H and O–H groups in total. The Balaban J connectivity index is 2.39. The lowest BCUT2D eigenvalue weighted by atomic mass is 9.98. The molecule has 0 bridgehead atoms. The molecule has 0 radical (unpaired) electrons. The zero-order chi connectivity index (χ0) is 12.4. The van der Waals surface area contributed by atoms with Gasteiger partial charge in [0.25, 0.3) is 0 Å². The molecule has 0 unspecified atom stereocenters. The van der Waals surface area contributed by atoms with Crippen LogP contribution >= 0.6 is 27.3 Å². The summed E-state index contributed by atoms with van der Waals surface area (Å²) < 4.78 is 1.14. The van der Waals surface area contributed by atoms with Gasteiger partial charge in [0.15, 0.2) is 0 Å². The van der Waals surface area contributed by atoms with Crippen molar-refractivity contribution < 1.29 is 0 Å². The van der Waals surface area contributed by atoms with Gasteiger partial charge in [-0.15, -0.1) is 11.3 Å². The lowest BCUT2D eigenvalue weighted by Crippen LogP contribution is -1.97. The van der Waals surface area contributed by atoms with Crippen LogP contribution in [0.4, 0.5) is 0 Å². The number of benzene rings is 1. The molecule has 2 rings (SSSR count). The summed E-state index contributed by atoms with van der Waals surface area (Å²) in [6.07, 6.45) is 0. The Hall–Kier alpha value is -0.640. The van der Waals surface area contributed by atoms with Gasteiger partial charge < -0.3 is 5.73 Å². The van der Waals surface area contributed by atoms with Crippen LogP contribution in [0.3, 0.4) is 0 Å². The van der Waals surface area contributed by atoms with Crippen molar-refractivity contribution in [1.82, 2.24) is 0 Å². The van der Waals surface area contributed by atoms with Gasteiger partial charge in [-0.25, -0.2) is 0 Å². The van der Waals surface area contributed by atoms with Crippen LogP contribution in [0, 0.1) is 0 Å². The predicted molar refractivity (Wildman–Crippen MR) is 79.4 cm³/mol. The molecule has 0 saturated carbocycles. The molecule has 1 heterocycles. The van der Waals surface area contributed by atoms with Gasteiger partial charge in [0.05, 0.1) is 3.79 Å². The molecule has 0 aliphatic rings. The third-order valence-corrected chi connectivity index (χ3v) is 4.78. The number of halogens is 1. The zero-order valence-corrected chi connectivity index (χ0v) is 12.4. The number of thiophene rings is 1. The molecule has 1 aromatic carbocycles. The van der Waals surface area contributed by atoms with E-state index in [9.17, 15) is 0 Å². The normalized spacial score (nSPS) is 11.1. The molecule has 0 fully saturated rings. The largest absolute Gasteiger partial charge is 0.326 e. The molecule has 1 nitrogen and oxygen atoms in total. The molecule has 0 aliphatic carbocycles. The van der Waals surface area contributed by atoms with Gasteiger partial charge in [0, 0.05) is 11.9 Å². The molecule has 0 spiro atoms. The molecule has 1 aromatic heterocycles. The van der Waals surface area contributed by atoms with Crippen molar-refractivity contribution in [2.24, 2.45) is 5.73 Å². The summed E-state index contributed by atoms with van der Waals surface area (Å²) in [7, 11) is 0. The standard InChI is InChI=1S/C14H16BrNS/c1-9(2)10-3-5-11(6-4-10)13-8-17-14(15)12(13)7-16/h3-6,8-9H,7,16H2,1-2H3. The third kappa shape index (κ3) is 2.62. The first-order valence-electron chi connectivity index (χ1n) is 5.69. The van der Waals surface area contributed by atoms with Crippen molar-refractivity contribution in [2.75, 3.05) is 0 Å². The molecule has 0 aliphatic heterocycles. The lowest BCUT2D eigenvalue weighted by Gasteiger charge is -2.07. The summed E-state index contributed by atoms with van der Waals surface area (Å²) in [5.74, 6) is 0.576. The van der Waals surface area contributed by atoms with E-state index in [0.29, 0.717) is 12.5 Å². The number of rotatable bonds is 3. The van der Waals surface area contributed by atoms with Crippen LogP contribution in [0.5, 0.6) is 0 Å². The van der Waals surface area contributed by atoms with E-state index in [1.807, 2.05) is 0 Å². The Morgan fingerprint density at radius 1 is 1.24 bits per heavy atom. The third-order valence-electron chi connectivity index (χ3n) is 2.94. The molecule has 0 amide bonds. The van der Waals surface area contributed by atoms with Crippen LogP contribution in [0.15, 0.2) is 33.4 Å². The molecule has 2 aromatic rings. The van der Waals surface area contributed by atoms with Gasteiger partial charge in [-0.1, -0.05) is 38.1 Å². The van der Waals surface area contributed by atoms with Crippen LogP contribution < -0.4 is 5.73 Å². The number of hydrogen-bond acceptors (Lipinski definition) is 2. The maximum absolute atomic E-state index is 5.79. The maximum atomic E-state index is 5.79. The van der Waals surface area contributed by atoms with Gasteiger partial charge in [-0.2, -0.15) is 0 Å². The van der Waals surface area contributed by atoms with Gasteiger partial charge in [0.2, 0.25) is 0 Å². The molecule has 90 valence electrons. The second-order valence-electron chi connectivity index (χ2n) is 4.38. The van der Waals surface area contributed by atoms with E-state index in [1.165, 1.54) is 22.3 Å². The van der Waals surface area contributed by atoms with E-state index >= 15 is 0 Å². The van der Waals surface area contributed by atoms with Crippen LogP contribution in [-0.2, 0) is 6.54 Å². The van der Waals surface area contributed by atoms with E-state index in [1.54, 1.807) is 11.3 Å². The quantitative estimate of drug-likeness (QED) is 0.869. The molecular weight excluding hydrogens is 294 g/mol. The first-order chi connectivity index (χ1) is 8.13. The van der Waals surface area contributed by atoms with E-state index in [2.05, 4.69) is 59.4 Å². The highest BCUT2D eigenvalue weighted by Gasteiger charge is 2.10. The molecule has 17 heavy (non-hydrogen) atoms. The predicted octanol–water partition coefficient (Wildman–Crippen LogP) is 4.76. The zero-order valence-electron chi connectivity index (χ0n) is 10.0. The average Bonchev–Trinajstić information content (AvgIpc) is 2.70. The lowest BCUT2D eigenvalue weighted by molar-refractivity contribution is 0.867. The highest BCUT2D eigenvalue weighted by Crippen LogP contribution is 2.35. The molecule has 0 atom stereocenters. The fourth-order valence-corrected chi connectivity index (χ4v) is 3.33. The van der Waals surface area contributed by atoms with Crippen LogP contribution in [0.2, 0.25) is 0 Å². The summed E-state index contributed by atoms with van der Waals surface area (Å²) in [5, 5.41) is 2.16. The SMILES string of the molecule is CC(C)c1ccc(-c2csc(Br)c2CN)cc1. The Morgan fingerprint density at radius 3 is 2.41 bits per heavy atom. The van der Waals surface area contributed by atoms with Crippen molar-refractivity contribution in [3.05, 3.63) is 44.6 Å². The summed E-state index contributed by atoms with van der Waals surface area (Å²) in [5.41, 5.74) is 10.9. The monoisotopic (exact) mass is 309 g/mol. The Kier molecular flexibility index (Phi) is 4.02. The minimum atomic E-state index is 0.575. The minimum Gasteiger partial charge on any atom is -0.326 e. The van der Waals surface area contributed by atoms with Crippen molar-refractivity contribution in [2.45, 2.75) is 26.3 Å². The first-order valence-corrected chi connectivity index (χ1v) is 7.37. The van der Waals surface area contributed by atoms with Crippen LogP contribution in [-0.4, -0.2) is 0 Å². The van der Waals surface area contributed by atoms with Gasteiger partial charge in [-0.05, 0) is 44.1 Å². The van der Waals surface area contributed by atoms with Crippen LogP contribution in [0.1, 0.15) is 30.9 Å². The topological polar surface area (TPSA) is 26.0 Å². The van der Waals surface area contributed by atoms with Gasteiger partial charge in [-0.3, -0.25) is 0 Å². The van der Waals surface area contributed by atoms with E-state index in [-0.39, 0.29) is 0 Å². The number of hydrogen-bond donors (Lipinski definition) is 1. The van der Waals surface area contributed by atoms with E-state index < -0.39 is 0 Å².